The zero-order valence-corrected chi connectivity index (χ0v) is 28.8. The summed E-state index contributed by atoms with van der Waals surface area (Å²) in [4.78, 5) is 0. The van der Waals surface area contributed by atoms with Crippen LogP contribution in [0.3, 0.4) is 0 Å². The minimum absolute atomic E-state index is 0. The maximum absolute atomic E-state index is 9.19. The van der Waals surface area contributed by atoms with Crippen molar-refractivity contribution in [2.24, 2.45) is 0 Å². The minimum Gasteiger partial charge on any atom is -0.406 e. The Morgan fingerprint density at radius 3 is 1.68 bits per heavy atom. The monoisotopic (exact) mass is 720 g/mol. The van der Waals surface area contributed by atoms with Crippen molar-refractivity contribution in [1.82, 2.24) is 0 Å². The van der Waals surface area contributed by atoms with E-state index in [1.807, 2.05) is 48.5 Å². The second-order valence-electron chi connectivity index (χ2n) is 11.5. The van der Waals surface area contributed by atoms with Gasteiger partial charge in [0.15, 0.2) is 0 Å². The van der Waals surface area contributed by atoms with Crippen molar-refractivity contribution in [1.29, 1.82) is 0 Å². The second-order valence-corrected chi connectivity index (χ2v) is 15.7. The van der Waals surface area contributed by atoms with Gasteiger partial charge in [0.25, 0.3) is 10.1 Å². The van der Waals surface area contributed by atoms with Gasteiger partial charge in [0.05, 0.1) is 6.26 Å². The Hall–Kier alpha value is -2.32. The van der Waals surface area contributed by atoms with Crippen molar-refractivity contribution in [2.75, 3.05) is 12.0 Å². The summed E-state index contributed by atoms with van der Waals surface area (Å²) in [5, 5.41) is 1.71. The average molecular weight is 721 g/mol. The van der Waals surface area contributed by atoms with Crippen LogP contribution in [0.25, 0.3) is 22.3 Å². The third-order valence-electron chi connectivity index (χ3n) is 8.16. The van der Waals surface area contributed by atoms with Crippen LogP contribution in [0.1, 0.15) is 64.2 Å². The molecule has 0 saturated heterocycles. The van der Waals surface area contributed by atoms with Gasteiger partial charge < -0.3 is 5.73 Å². The van der Waals surface area contributed by atoms with E-state index in [-0.39, 0.29) is 28.3 Å². The zero-order chi connectivity index (χ0) is 30.5. The van der Waals surface area contributed by atoms with Crippen molar-refractivity contribution >= 4 is 29.0 Å². The SMILES string of the molecule is CS(=O)(=O)O.Nc1ccccc1-c1[c-]cccc1.[Pd].c1ccc(-c2ccccc2P(C2CCCCC2)C2CCCCC2)cc1. The Morgan fingerprint density at radius 2 is 1.16 bits per heavy atom. The van der Waals surface area contributed by atoms with E-state index < -0.39 is 10.1 Å². The van der Waals surface area contributed by atoms with Crippen LogP contribution >= 0.6 is 7.92 Å². The molecular weight excluding hydrogens is 676 g/mol. The summed E-state index contributed by atoms with van der Waals surface area (Å²) < 4.78 is 25.9. The van der Waals surface area contributed by atoms with Crippen molar-refractivity contribution in [3.05, 3.63) is 109 Å². The van der Waals surface area contributed by atoms with Crippen molar-refractivity contribution < 1.29 is 33.4 Å². The number of rotatable bonds is 5. The maximum Gasteiger partial charge on any atom is 0.261 e. The first-order chi connectivity index (χ1) is 20.8. The second kappa shape index (κ2) is 18.6. The Labute approximate surface area is 280 Å². The van der Waals surface area contributed by atoms with Crippen molar-refractivity contribution in [3.8, 4) is 22.3 Å². The van der Waals surface area contributed by atoms with Gasteiger partial charge in [0.2, 0.25) is 0 Å². The number of benzene rings is 4. The normalized spacial score (nSPS) is 15.6. The van der Waals surface area contributed by atoms with Crippen LogP contribution in [0.2, 0.25) is 0 Å². The van der Waals surface area contributed by atoms with Crippen LogP contribution in [-0.4, -0.2) is 30.5 Å². The van der Waals surface area contributed by atoms with Crippen LogP contribution in [0.15, 0.2) is 103 Å². The van der Waals surface area contributed by atoms with Crippen molar-refractivity contribution in [3.63, 3.8) is 0 Å². The van der Waals surface area contributed by atoms with Gasteiger partial charge in [0, 0.05) is 20.4 Å². The van der Waals surface area contributed by atoms with Crippen LogP contribution in [0.4, 0.5) is 5.69 Å². The van der Waals surface area contributed by atoms with Gasteiger partial charge in [-0.25, -0.2) is 0 Å². The van der Waals surface area contributed by atoms with Gasteiger partial charge in [0.1, 0.15) is 0 Å². The van der Waals surface area contributed by atoms with Crippen LogP contribution in [-0.2, 0) is 30.5 Å². The number of hydrogen-bond donors (Lipinski definition) is 2. The molecule has 2 aliphatic carbocycles. The molecule has 4 nitrogen and oxygen atoms in total. The first kappa shape index (κ1) is 36.2. The first-order valence-electron chi connectivity index (χ1n) is 15.5. The maximum atomic E-state index is 9.19. The minimum atomic E-state index is -3.67. The molecule has 2 fully saturated rings. The van der Waals surface area contributed by atoms with Crippen LogP contribution in [0, 0.1) is 6.07 Å². The molecule has 7 heteroatoms. The zero-order valence-electron chi connectivity index (χ0n) is 25.6. The van der Waals surface area contributed by atoms with Gasteiger partial charge in [-0.05, 0) is 65.2 Å². The fraction of sp³-hybridized carbons (Fsp3) is 0.351. The largest absolute Gasteiger partial charge is 0.406 e. The summed E-state index contributed by atoms with van der Waals surface area (Å²) in [5.74, 6) is 0. The molecule has 0 heterocycles. The number of para-hydroxylation sites is 1. The molecule has 0 radical (unpaired) electrons. The molecule has 3 N–H and O–H groups in total. The third kappa shape index (κ3) is 11.6. The summed E-state index contributed by atoms with van der Waals surface area (Å²) in [6.45, 7) is 0. The fourth-order valence-electron chi connectivity index (χ4n) is 6.27. The van der Waals surface area contributed by atoms with E-state index >= 15 is 0 Å². The van der Waals surface area contributed by atoms with E-state index in [0.29, 0.717) is 6.26 Å². The standard InChI is InChI=1S/C24H31P.C12H10N.CH4O3S.Pd/c1-4-12-20(13-5-1)23-18-10-11-19-24(23)25(21-14-6-2-7-15-21)22-16-8-3-9-17-22;13-12-9-5-4-8-11(12)10-6-2-1-3-7-10;1-5(2,3)4;/h1,4-5,10-13,18-19,21-22H,2-3,6-9,14-17H2;1-6,8-9H,13H2;1H3,(H,2,3,4);/q;-1;;. The van der Waals surface area contributed by atoms with E-state index in [1.165, 1.54) is 75.3 Å². The molecule has 0 atom stereocenters. The Bertz CT molecular complexity index is 1460. The molecule has 4 aromatic carbocycles. The predicted molar refractivity (Wildman–Crippen MR) is 185 cm³/mol. The van der Waals surface area contributed by atoms with Gasteiger partial charge in [-0.1, -0.05) is 125 Å². The number of nitrogen functional groups attached to an aromatic ring is 1. The molecule has 4 aromatic rings. The number of hydrogen-bond acceptors (Lipinski definition) is 3. The molecule has 44 heavy (non-hydrogen) atoms. The molecule has 6 rings (SSSR count). The van der Waals surface area contributed by atoms with E-state index in [0.717, 1.165) is 28.1 Å². The first-order valence-corrected chi connectivity index (χ1v) is 18.8. The predicted octanol–water partition coefficient (Wildman–Crippen LogP) is 9.36. The summed E-state index contributed by atoms with van der Waals surface area (Å²) in [6, 6.07) is 39.3. The number of nitrogens with two attached hydrogens (primary N) is 1. The molecule has 0 bridgehead atoms. The molecule has 238 valence electrons. The quantitative estimate of drug-likeness (QED) is 0.0708. The summed E-state index contributed by atoms with van der Waals surface area (Å²) in [6.07, 6.45) is 15.4. The third-order valence-corrected chi connectivity index (χ3v) is 11.7. The number of anilines is 1. The molecule has 0 unspecified atom stereocenters. The molecule has 2 saturated carbocycles. The Balaban J connectivity index is 0.000000233. The smallest absolute Gasteiger partial charge is 0.261 e. The molecule has 0 amide bonds. The van der Waals surface area contributed by atoms with Crippen molar-refractivity contribution in [2.45, 2.75) is 75.5 Å². The Kier molecular flexibility index (Phi) is 15.3. The van der Waals surface area contributed by atoms with Gasteiger partial charge in [-0.15, -0.1) is 35.9 Å². The molecule has 0 spiro atoms. The van der Waals surface area contributed by atoms with Crippen LogP contribution in [0.5, 0.6) is 0 Å². The van der Waals surface area contributed by atoms with Crippen LogP contribution < -0.4 is 11.0 Å². The van der Waals surface area contributed by atoms with Gasteiger partial charge in [-0.2, -0.15) is 8.42 Å². The average Bonchev–Trinajstić information content (AvgIpc) is 3.03. The van der Waals surface area contributed by atoms with E-state index in [4.69, 9.17) is 10.3 Å². The molecule has 0 aliphatic heterocycles. The molecule has 2 aliphatic rings. The van der Waals surface area contributed by atoms with E-state index in [2.05, 4.69) is 60.7 Å². The van der Waals surface area contributed by atoms with E-state index in [1.54, 1.807) is 5.30 Å². The summed E-state index contributed by atoms with van der Waals surface area (Å²) >= 11 is 0. The topological polar surface area (TPSA) is 80.4 Å². The fourth-order valence-corrected chi connectivity index (χ4v) is 10.2. The van der Waals surface area contributed by atoms with Gasteiger partial charge >= 0.3 is 0 Å². The molecule has 0 aromatic heterocycles. The van der Waals surface area contributed by atoms with Gasteiger partial charge in [-0.3, -0.25) is 4.55 Å². The molecular formula is C37H45NO3PPdS-. The summed E-state index contributed by atoms with van der Waals surface area (Å²) in [7, 11) is -3.70. The summed E-state index contributed by atoms with van der Waals surface area (Å²) in [5.41, 5.74) is 13.6. The van der Waals surface area contributed by atoms with E-state index in [9.17, 15) is 8.42 Å². The Morgan fingerprint density at radius 1 is 0.682 bits per heavy atom.